The van der Waals surface area contributed by atoms with Gasteiger partial charge in [0.1, 0.15) is 16.4 Å². The minimum absolute atomic E-state index is 0.137. The first-order valence-electron chi connectivity index (χ1n) is 9.20. The van der Waals surface area contributed by atoms with E-state index in [9.17, 15) is 4.79 Å². The lowest BCUT2D eigenvalue weighted by Crippen LogP contribution is -2.15. The van der Waals surface area contributed by atoms with Crippen molar-refractivity contribution in [3.8, 4) is 5.75 Å². The van der Waals surface area contributed by atoms with Crippen molar-refractivity contribution in [3.63, 3.8) is 0 Å². The van der Waals surface area contributed by atoms with E-state index in [1.807, 2.05) is 25.1 Å². The zero-order chi connectivity index (χ0) is 19.7. The van der Waals surface area contributed by atoms with E-state index in [0.717, 1.165) is 28.6 Å². The van der Waals surface area contributed by atoms with Gasteiger partial charge in [0.25, 0.3) is 0 Å². The third-order valence-corrected chi connectivity index (χ3v) is 6.82. The Morgan fingerprint density at radius 2 is 2.14 bits per heavy atom. The third-order valence-electron chi connectivity index (χ3n) is 4.78. The standard InChI is InChI=1S/C20H22N4O2S2/c1-11-7-8-14(26-2)13(9-11)22-16(25)10-27-20-23-18(21)17-12-5-3-4-6-15(12)28-19(17)24-20/h7-9H,3-6,10H2,1-2H3,(H,22,25)(H2,21,23,24). The van der Waals surface area contributed by atoms with Gasteiger partial charge in [0.15, 0.2) is 5.16 Å². The Kier molecular flexibility index (Phi) is 5.41. The van der Waals surface area contributed by atoms with Crippen molar-refractivity contribution < 1.29 is 9.53 Å². The summed E-state index contributed by atoms with van der Waals surface area (Å²) >= 11 is 3.00. The molecule has 0 bridgehead atoms. The van der Waals surface area contributed by atoms with Crippen molar-refractivity contribution in [1.29, 1.82) is 0 Å². The number of nitrogens with zero attached hydrogens (tertiary/aromatic N) is 2. The van der Waals surface area contributed by atoms with E-state index in [2.05, 4.69) is 15.3 Å². The highest BCUT2D eigenvalue weighted by molar-refractivity contribution is 7.99. The van der Waals surface area contributed by atoms with Crippen molar-refractivity contribution in [2.75, 3.05) is 23.9 Å². The molecule has 146 valence electrons. The maximum Gasteiger partial charge on any atom is 0.234 e. The summed E-state index contributed by atoms with van der Waals surface area (Å²) in [6.07, 6.45) is 4.56. The second-order valence-corrected chi connectivity index (χ2v) is 8.85. The van der Waals surface area contributed by atoms with Crippen LogP contribution in [0.15, 0.2) is 23.4 Å². The van der Waals surface area contributed by atoms with Crippen LogP contribution in [0.4, 0.5) is 11.5 Å². The molecule has 0 fully saturated rings. The molecular weight excluding hydrogens is 392 g/mol. The first-order valence-corrected chi connectivity index (χ1v) is 11.0. The monoisotopic (exact) mass is 414 g/mol. The number of thioether (sulfide) groups is 1. The molecule has 1 aliphatic carbocycles. The van der Waals surface area contributed by atoms with E-state index >= 15 is 0 Å². The van der Waals surface area contributed by atoms with Crippen LogP contribution in [0, 0.1) is 6.92 Å². The number of hydrogen-bond acceptors (Lipinski definition) is 7. The van der Waals surface area contributed by atoms with Crippen molar-refractivity contribution in [1.82, 2.24) is 9.97 Å². The first kappa shape index (κ1) is 19.0. The van der Waals surface area contributed by atoms with Gasteiger partial charge in [0, 0.05) is 4.88 Å². The Balaban J connectivity index is 1.48. The second kappa shape index (κ2) is 7.97. The van der Waals surface area contributed by atoms with Crippen molar-refractivity contribution in [2.45, 2.75) is 37.8 Å². The maximum atomic E-state index is 12.4. The molecule has 0 spiro atoms. The van der Waals surface area contributed by atoms with E-state index in [0.29, 0.717) is 22.4 Å². The molecular formula is C20H22N4O2S2. The zero-order valence-corrected chi connectivity index (χ0v) is 17.5. The van der Waals surface area contributed by atoms with Gasteiger partial charge in [-0.1, -0.05) is 17.8 Å². The van der Waals surface area contributed by atoms with Gasteiger partial charge in [0.05, 0.1) is 23.9 Å². The highest BCUT2D eigenvalue weighted by Crippen LogP contribution is 2.38. The summed E-state index contributed by atoms with van der Waals surface area (Å²) in [6, 6.07) is 5.67. The summed E-state index contributed by atoms with van der Waals surface area (Å²) < 4.78 is 5.31. The number of rotatable bonds is 5. The van der Waals surface area contributed by atoms with Crippen molar-refractivity contribution >= 4 is 50.7 Å². The number of nitrogen functional groups attached to an aromatic ring is 1. The fraction of sp³-hybridized carbons (Fsp3) is 0.350. The maximum absolute atomic E-state index is 12.4. The van der Waals surface area contributed by atoms with Gasteiger partial charge in [0.2, 0.25) is 5.91 Å². The Labute approximate surface area is 171 Å². The number of carbonyl (C=O) groups excluding carboxylic acids is 1. The topological polar surface area (TPSA) is 90.1 Å². The molecule has 1 amide bonds. The average Bonchev–Trinajstić information content (AvgIpc) is 3.05. The molecule has 2 heterocycles. The van der Waals surface area contributed by atoms with Crippen LogP contribution in [-0.2, 0) is 17.6 Å². The molecule has 3 N–H and O–H groups in total. The number of amides is 1. The summed E-state index contributed by atoms with van der Waals surface area (Å²) in [5, 5.41) is 4.44. The molecule has 8 heteroatoms. The number of fused-ring (bicyclic) bond motifs is 3. The van der Waals surface area contributed by atoms with Gasteiger partial charge in [-0.05, 0) is 55.9 Å². The zero-order valence-electron chi connectivity index (χ0n) is 15.9. The second-order valence-electron chi connectivity index (χ2n) is 6.82. The summed E-state index contributed by atoms with van der Waals surface area (Å²) in [4.78, 5) is 23.8. The number of carbonyl (C=O) groups is 1. The highest BCUT2D eigenvalue weighted by atomic mass is 32.2. The summed E-state index contributed by atoms with van der Waals surface area (Å²) in [6.45, 7) is 1.97. The molecule has 0 radical (unpaired) electrons. The minimum atomic E-state index is -0.137. The van der Waals surface area contributed by atoms with Crippen LogP contribution in [0.5, 0.6) is 5.75 Å². The number of anilines is 2. The van der Waals surface area contributed by atoms with Gasteiger partial charge < -0.3 is 15.8 Å². The number of benzene rings is 1. The lowest BCUT2D eigenvalue weighted by atomic mass is 9.97. The van der Waals surface area contributed by atoms with Crippen LogP contribution in [0.2, 0.25) is 0 Å². The number of hydrogen-bond donors (Lipinski definition) is 2. The smallest absolute Gasteiger partial charge is 0.234 e. The van der Waals surface area contributed by atoms with Crippen LogP contribution >= 0.6 is 23.1 Å². The molecule has 2 aromatic heterocycles. The SMILES string of the molecule is COc1ccc(C)cc1NC(=O)CSc1nc(N)c2c3c(sc2n1)CCCC3. The Morgan fingerprint density at radius 3 is 2.96 bits per heavy atom. The van der Waals surface area contributed by atoms with Crippen molar-refractivity contribution in [2.24, 2.45) is 0 Å². The first-order chi connectivity index (χ1) is 13.5. The van der Waals surface area contributed by atoms with E-state index in [1.165, 1.54) is 35.0 Å². The summed E-state index contributed by atoms with van der Waals surface area (Å²) in [7, 11) is 1.58. The lowest BCUT2D eigenvalue weighted by Gasteiger charge is -2.11. The molecule has 1 aromatic carbocycles. The largest absolute Gasteiger partial charge is 0.495 e. The molecule has 0 aliphatic heterocycles. The van der Waals surface area contributed by atoms with E-state index < -0.39 is 0 Å². The predicted molar refractivity (Wildman–Crippen MR) is 116 cm³/mol. The quantitative estimate of drug-likeness (QED) is 0.480. The van der Waals surface area contributed by atoms with Gasteiger partial charge in [-0.2, -0.15) is 0 Å². The number of thiophene rings is 1. The summed E-state index contributed by atoms with van der Waals surface area (Å²) in [5.74, 6) is 1.22. The van der Waals surface area contributed by atoms with Crippen LogP contribution in [0.25, 0.3) is 10.2 Å². The number of aryl methyl sites for hydroxylation is 3. The molecule has 0 saturated heterocycles. The normalized spacial score (nSPS) is 13.4. The molecule has 1 aliphatic rings. The molecule has 0 unspecified atom stereocenters. The number of ether oxygens (including phenoxy) is 1. The lowest BCUT2D eigenvalue weighted by molar-refractivity contribution is -0.113. The van der Waals surface area contributed by atoms with Crippen molar-refractivity contribution in [3.05, 3.63) is 34.2 Å². The minimum Gasteiger partial charge on any atom is -0.495 e. The fourth-order valence-corrected chi connectivity index (χ4v) is 5.44. The fourth-order valence-electron chi connectivity index (χ4n) is 3.47. The van der Waals surface area contributed by atoms with Gasteiger partial charge in [-0.15, -0.1) is 11.3 Å². The number of nitrogens with one attached hydrogen (secondary N) is 1. The van der Waals surface area contributed by atoms with Crippen LogP contribution in [-0.4, -0.2) is 28.7 Å². The predicted octanol–water partition coefficient (Wildman–Crippen LogP) is 4.20. The molecule has 3 aromatic rings. The van der Waals surface area contributed by atoms with E-state index in [1.54, 1.807) is 18.4 Å². The van der Waals surface area contributed by atoms with Gasteiger partial charge in [-0.25, -0.2) is 9.97 Å². The molecule has 4 rings (SSSR count). The van der Waals surface area contributed by atoms with E-state index in [-0.39, 0.29) is 11.7 Å². The molecule has 0 saturated carbocycles. The number of nitrogens with two attached hydrogens (primary N) is 1. The van der Waals surface area contributed by atoms with Gasteiger partial charge in [-0.3, -0.25) is 4.79 Å². The van der Waals surface area contributed by atoms with Gasteiger partial charge >= 0.3 is 0 Å². The van der Waals surface area contributed by atoms with Crippen LogP contribution in [0.3, 0.4) is 0 Å². The molecule has 0 atom stereocenters. The molecule has 28 heavy (non-hydrogen) atoms. The van der Waals surface area contributed by atoms with Crippen LogP contribution < -0.4 is 15.8 Å². The Hall–Kier alpha value is -2.32. The van der Waals surface area contributed by atoms with Crippen LogP contribution in [0.1, 0.15) is 28.8 Å². The van der Waals surface area contributed by atoms with E-state index in [4.69, 9.17) is 10.5 Å². The summed E-state index contributed by atoms with van der Waals surface area (Å²) in [5.41, 5.74) is 9.27. The number of aromatic nitrogens is 2. The Bertz CT molecular complexity index is 1050. The Morgan fingerprint density at radius 1 is 1.32 bits per heavy atom. The number of methoxy groups -OCH3 is 1. The average molecular weight is 415 g/mol. The highest BCUT2D eigenvalue weighted by Gasteiger charge is 2.20. The third kappa shape index (κ3) is 3.79. The molecule has 6 nitrogen and oxygen atoms in total.